The minimum absolute atomic E-state index is 0. The van der Waals surface area contributed by atoms with Gasteiger partial charge in [0.1, 0.15) is 6.04 Å². The Kier molecular flexibility index (Phi) is 5.09. The fourth-order valence-corrected chi connectivity index (χ4v) is 2.68. The molecule has 4 nitrogen and oxygen atoms in total. The van der Waals surface area contributed by atoms with E-state index >= 15 is 0 Å². The lowest BCUT2D eigenvalue weighted by Gasteiger charge is -2.34. The van der Waals surface area contributed by atoms with Gasteiger partial charge in [0.05, 0.1) is 12.7 Å². The van der Waals surface area contributed by atoms with Gasteiger partial charge in [-0.2, -0.15) is 0 Å². The number of amides is 1. The summed E-state index contributed by atoms with van der Waals surface area (Å²) in [6.07, 6.45) is 5.22. The van der Waals surface area contributed by atoms with Gasteiger partial charge in [-0.1, -0.05) is 0 Å². The fraction of sp³-hybridized carbons (Fsp3) is 0.929. The van der Waals surface area contributed by atoms with Gasteiger partial charge in [0.2, 0.25) is 5.91 Å². The molecule has 0 aromatic rings. The standard InChI is InChI=1S/C14H24N2O2.ClH/c1-10-13(15-6-7-18-10)14(17)16(8-11-2-3-11)9-12-4-5-12;/h10-13,15H,2-9H2,1H3;1H/t10-,13+;/m1./s1. The number of halogens is 1. The lowest BCUT2D eigenvalue weighted by molar-refractivity contribution is -0.140. The van der Waals surface area contributed by atoms with Crippen LogP contribution in [0.5, 0.6) is 0 Å². The van der Waals surface area contributed by atoms with Gasteiger partial charge in [-0.15, -0.1) is 12.4 Å². The second-order valence-electron chi connectivity index (χ2n) is 6.14. The Labute approximate surface area is 121 Å². The van der Waals surface area contributed by atoms with Crippen molar-refractivity contribution in [3.8, 4) is 0 Å². The van der Waals surface area contributed by atoms with Crippen molar-refractivity contribution in [1.29, 1.82) is 0 Å². The van der Waals surface area contributed by atoms with E-state index < -0.39 is 0 Å². The molecule has 5 heteroatoms. The third-order valence-corrected chi connectivity index (χ3v) is 4.25. The Morgan fingerprint density at radius 1 is 1.21 bits per heavy atom. The number of rotatable bonds is 5. The van der Waals surface area contributed by atoms with E-state index in [0.29, 0.717) is 0 Å². The monoisotopic (exact) mass is 288 g/mol. The van der Waals surface area contributed by atoms with Gasteiger partial charge >= 0.3 is 0 Å². The highest BCUT2D eigenvalue weighted by Crippen LogP contribution is 2.34. The fourth-order valence-electron chi connectivity index (χ4n) is 2.68. The molecular formula is C14H25ClN2O2. The molecule has 3 fully saturated rings. The van der Waals surface area contributed by atoms with Crippen molar-refractivity contribution >= 4 is 18.3 Å². The summed E-state index contributed by atoms with van der Waals surface area (Å²) in [7, 11) is 0. The van der Waals surface area contributed by atoms with E-state index in [4.69, 9.17) is 4.74 Å². The summed E-state index contributed by atoms with van der Waals surface area (Å²) in [6.45, 7) is 5.46. The van der Waals surface area contributed by atoms with Crippen LogP contribution in [0.25, 0.3) is 0 Å². The number of nitrogens with one attached hydrogen (secondary N) is 1. The van der Waals surface area contributed by atoms with Crippen LogP contribution in [0.1, 0.15) is 32.6 Å². The molecule has 0 unspecified atom stereocenters. The Morgan fingerprint density at radius 2 is 1.79 bits per heavy atom. The summed E-state index contributed by atoms with van der Waals surface area (Å²) < 4.78 is 5.59. The Bertz CT molecular complexity index is 305. The normalized spacial score (nSPS) is 30.6. The first-order valence-electron chi connectivity index (χ1n) is 7.38. The van der Waals surface area contributed by atoms with Gasteiger partial charge in [0.25, 0.3) is 0 Å². The lowest BCUT2D eigenvalue weighted by atomic mass is 10.1. The molecule has 0 bridgehead atoms. The molecular weight excluding hydrogens is 264 g/mol. The lowest BCUT2D eigenvalue weighted by Crippen LogP contribution is -2.57. The van der Waals surface area contributed by atoms with Crippen molar-refractivity contribution in [1.82, 2.24) is 10.2 Å². The molecule has 1 aliphatic heterocycles. The quantitative estimate of drug-likeness (QED) is 0.832. The summed E-state index contributed by atoms with van der Waals surface area (Å²) in [6, 6.07) is -0.128. The van der Waals surface area contributed by atoms with E-state index in [-0.39, 0.29) is 30.5 Å². The van der Waals surface area contributed by atoms with Crippen LogP contribution in [0.4, 0.5) is 0 Å². The van der Waals surface area contributed by atoms with Gasteiger partial charge in [-0.05, 0) is 44.4 Å². The average Bonchev–Trinajstić information content (AvgIpc) is 3.23. The molecule has 19 heavy (non-hydrogen) atoms. The predicted octanol–water partition coefficient (Wildman–Crippen LogP) is 1.43. The van der Waals surface area contributed by atoms with Crippen molar-refractivity contribution < 1.29 is 9.53 Å². The van der Waals surface area contributed by atoms with Crippen LogP contribution >= 0.6 is 12.4 Å². The Balaban J connectivity index is 0.00000133. The number of nitrogens with zero attached hydrogens (tertiary/aromatic N) is 1. The first-order valence-corrected chi connectivity index (χ1v) is 7.38. The van der Waals surface area contributed by atoms with E-state index in [1.807, 2.05) is 6.92 Å². The Hall–Kier alpha value is -0.320. The molecule has 0 aromatic carbocycles. The SMILES string of the molecule is C[C@H]1OCCN[C@@H]1C(=O)N(CC1CC1)CC1CC1.Cl. The molecule has 110 valence electrons. The summed E-state index contributed by atoms with van der Waals surface area (Å²) in [5, 5.41) is 3.32. The zero-order valence-corrected chi connectivity index (χ0v) is 12.5. The van der Waals surface area contributed by atoms with Crippen molar-refractivity contribution in [2.24, 2.45) is 11.8 Å². The maximum Gasteiger partial charge on any atom is 0.242 e. The van der Waals surface area contributed by atoms with Crippen molar-refractivity contribution in [3.05, 3.63) is 0 Å². The van der Waals surface area contributed by atoms with Gasteiger partial charge < -0.3 is 15.0 Å². The van der Waals surface area contributed by atoms with Crippen molar-refractivity contribution in [2.45, 2.75) is 44.8 Å². The van der Waals surface area contributed by atoms with Crippen LogP contribution in [0.2, 0.25) is 0 Å². The third-order valence-electron chi connectivity index (χ3n) is 4.25. The van der Waals surface area contributed by atoms with Crippen LogP contribution in [0, 0.1) is 11.8 Å². The van der Waals surface area contributed by atoms with E-state index in [2.05, 4.69) is 10.2 Å². The summed E-state index contributed by atoms with van der Waals surface area (Å²) >= 11 is 0. The number of carbonyl (C=O) groups is 1. The second kappa shape index (κ2) is 6.42. The highest BCUT2D eigenvalue weighted by atomic mass is 35.5. The molecule has 0 aromatic heterocycles. The van der Waals surface area contributed by atoms with Crippen molar-refractivity contribution in [3.63, 3.8) is 0 Å². The number of hydrogen-bond donors (Lipinski definition) is 1. The molecule has 3 rings (SSSR count). The molecule has 2 atom stereocenters. The van der Waals surface area contributed by atoms with Gasteiger partial charge in [0, 0.05) is 19.6 Å². The van der Waals surface area contributed by atoms with Crippen LogP contribution in [-0.2, 0) is 9.53 Å². The molecule has 1 N–H and O–H groups in total. The highest BCUT2D eigenvalue weighted by molar-refractivity contribution is 5.85. The number of carbonyl (C=O) groups excluding carboxylic acids is 1. The summed E-state index contributed by atoms with van der Waals surface area (Å²) in [5.74, 6) is 1.81. The van der Waals surface area contributed by atoms with E-state index in [1.165, 1.54) is 25.7 Å². The zero-order valence-electron chi connectivity index (χ0n) is 11.6. The molecule has 1 amide bonds. The smallest absolute Gasteiger partial charge is 0.242 e. The number of ether oxygens (including phenoxy) is 1. The molecule has 2 saturated carbocycles. The van der Waals surface area contributed by atoms with Gasteiger partial charge in [-0.25, -0.2) is 0 Å². The molecule has 2 aliphatic carbocycles. The maximum absolute atomic E-state index is 12.6. The van der Waals surface area contributed by atoms with Crippen LogP contribution in [0.15, 0.2) is 0 Å². The first kappa shape index (κ1) is 15.1. The largest absolute Gasteiger partial charge is 0.375 e. The summed E-state index contributed by atoms with van der Waals surface area (Å²) in [5.41, 5.74) is 0. The molecule has 0 spiro atoms. The topological polar surface area (TPSA) is 41.6 Å². The van der Waals surface area contributed by atoms with E-state index in [0.717, 1.165) is 38.1 Å². The first-order chi connectivity index (χ1) is 8.74. The maximum atomic E-state index is 12.6. The van der Waals surface area contributed by atoms with E-state index in [9.17, 15) is 4.79 Å². The van der Waals surface area contributed by atoms with Crippen LogP contribution < -0.4 is 5.32 Å². The molecule has 1 saturated heterocycles. The molecule has 3 aliphatic rings. The van der Waals surface area contributed by atoms with Crippen molar-refractivity contribution in [2.75, 3.05) is 26.2 Å². The molecule has 0 radical (unpaired) electrons. The zero-order chi connectivity index (χ0) is 12.5. The average molecular weight is 289 g/mol. The minimum Gasteiger partial charge on any atom is -0.375 e. The third kappa shape index (κ3) is 4.07. The van der Waals surface area contributed by atoms with Crippen LogP contribution in [0.3, 0.4) is 0 Å². The summed E-state index contributed by atoms with van der Waals surface area (Å²) in [4.78, 5) is 14.7. The minimum atomic E-state index is -0.128. The molecule has 1 heterocycles. The second-order valence-corrected chi connectivity index (χ2v) is 6.14. The predicted molar refractivity (Wildman–Crippen MR) is 76.5 cm³/mol. The highest BCUT2D eigenvalue weighted by Gasteiger charge is 2.36. The van der Waals surface area contributed by atoms with Crippen LogP contribution in [-0.4, -0.2) is 49.2 Å². The Morgan fingerprint density at radius 3 is 2.26 bits per heavy atom. The van der Waals surface area contributed by atoms with Gasteiger partial charge in [-0.3, -0.25) is 4.79 Å². The van der Waals surface area contributed by atoms with Gasteiger partial charge in [0.15, 0.2) is 0 Å². The number of hydrogen-bond acceptors (Lipinski definition) is 3. The van der Waals surface area contributed by atoms with E-state index in [1.54, 1.807) is 0 Å². The number of morpholine rings is 1.